The minimum Gasteiger partial charge on any atom is -0.497 e. The van der Waals surface area contributed by atoms with Gasteiger partial charge in [0.1, 0.15) is 18.3 Å². The normalized spacial score (nSPS) is 12.7. The van der Waals surface area contributed by atoms with Crippen molar-refractivity contribution in [1.82, 2.24) is 10.2 Å². The first-order chi connectivity index (χ1) is 18.6. The Kier molecular flexibility index (Phi) is 10.5. The fraction of sp³-hybridized carbons (Fsp3) is 0.310. The molecule has 0 aliphatic heterocycles. The molecular formula is C29H34BrN3O5S. The van der Waals surface area contributed by atoms with E-state index >= 15 is 0 Å². The van der Waals surface area contributed by atoms with Gasteiger partial charge in [0.05, 0.1) is 17.7 Å². The number of amides is 2. The van der Waals surface area contributed by atoms with E-state index in [2.05, 4.69) is 21.2 Å². The summed E-state index contributed by atoms with van der Waals surface area (Å²) in [6.45, 7) is 5.12. The Bertz CT molecular complexity index is 1370. The lowest BCUT2D eigenvalue weighted by Crippen LogP contribution is -2.52. The first kappa shape index (κ1) is 30.2. The summed E-state index contributed by atoms with van der Waals surface area (Å²) in [6, 6.07) is 20.9. The van der Waals surface area contributed by atoms with Crippen LogP contribution in [0.3, 0.4) is 0 Å². The summed E-state index contributed by atoms with van der Waals surface area (Å²) in [6.07, 6.45) is 0.735. The molecule has 0 fully saturated rings. The van der Waals surface area contributed by atoms with Gasteiger partial charge in [-0.3, -0.25) is 13.9 Å². The molecule has 3 aromatic rings. The summed E-state index contributed by atoms with van der Waals surface area (Å²) in [7, 11) is -2.60. The van der Waals surface area contributed by atoms with Crippen LogP contribution in [-0.4, -0.2) is 50.9 Å². The minimum atomic E-state index is -4.11. The molecule has 0 saturated carbocycles. The number of carbonyl (C=O) groups is 2. The molecule has 0 radical (unpaired) electrons. The van der Waals surface area contributed by atoms with Crippen LogP contribution in [-0.2, 0) is 26.2 Å². The first-order valence-electron chi connectivity index (χ1n) is 12.6. The highest BCUT2D eigenvalue weighted by molar-refractivity contribution is 9.10. The molecule has 3 aromatic carbocycles. The molecule has 2 atom stereocenters. The van der Waals surface area contributed by atoms with Crippen LogP contribution in [0.4, 0.5) is 5.69 Å². The van der Waals surface area contributed by atoms with Gasteiger partial charge in [0, 0.05) is 17.1 Å². The summed E-state index contributed by atoms with van der Waals surface area (Å²) < 4.78 is 34.7. The van der Waals surface area contributed by atoms with Crippen LogP contribution in [0.5, 0.6) is 5.75 Å². The maximum atomic E-state index is 13.9. The van der Waals surface area contributed by atoms with Crippen molar-refractivity contribution in [1.29, 1.82) is 0 Å². The van der Waals surface area contributed by atoms with Crippen LogP contribution in [0.2, 0.25) is 0 Å². The highest BCUT2D eigenvalue weighted by Crippen LogP contribution is 2.26. The molecule has 0 bridgehead atoms. The fourth-order valence-electron chi connectivity index (χ4n) is 3.88. The Balaban J connectivity index is 2.02. The second-order valence-electron chi connectivity index (χ2n) is 9.17. The number of carbonyl (C=O) groups excluding carboxylic acids is 2. The Morgan fingerprint density at radius 3 is 2.23 bits per heavy atom. The van der Waals surface area contributed by atoms with Crippen molar-refractivity contribution in [3.05, 3.63) is 88.9 Å². The highest BCUT2D eigenvalue weighted by atomic mass is 79.9. The van der Waals surface area contributed by atoms with E-state index < -0.39 is 28.5 Å². The first-order valence-corrected chi connectivity index (χ1v) is 14.9. The van der Waals surface area contributed by atoms with Gasteiger partial charge in [0.15, 0.2) is 0 Å². The number of sulfonamides is 1. The quantitative estimate of drug-likeness (QED) is 0.310. The number of nitrogens with one attached hydrogen (secondary N) is 1. The molecule has 2 amide bonds. The lowest BCUT2D eigenvalue weighted by atomic mass is 10.1. The van der Waals surface area contributed by atoms with Crippen LogP contribution in [0.25, 0.3) is 0 Å². The molecule has 0 aliphatic carbocycles. The van der Waals surface area contributed by atoms with E-state index in [1.807, 2.05) is 38.1 Å². The lowest BCUT2D eigenvalue weighted by molar-refractivity contribution is -0.139. The van der Waals surface area contributed by atoms with E-state index in [1.165, 1.54) is 24.1 Å². The minimum absolute atomic E-state index is 0.0507. The van der Waals surface area contributed by atoms with Crippen molar-refractivity contribution < 1.29 is 22.7 Å². The number of methoxy groups -OCH3 is 1. The van der Waals surface area contributed by atoms with Gasteiger partial charge in [-0.25, -0.2) is 8.42 Å². The van der Waals surface area contributed by atoms with Crippen LogP contribution in [0.1, 0.15) is 32.8 Å². The zero-order valence-electron chi connectivity index (χ0n) is 22.5. The molecule has 0 saturated heterocycles. The van der Waals surface area contributed by atoms with Crippen molar-refractivity contribution >= 4 is 43.5 Å². The number of benzene rings is 3. The molecule has 8 nitrogen and oxygen atoms in total. The Morgan fingerprint density at radius 1 is 0.974 bits per heavy atom. The average Bonchev–Trinajstić information content (AvgIpc) is 2.94. The van der Waals surface area contributed by atoms with Crippen LogP contribution in [0, 0.1) is 0 Å². The number of hydrogen-bond acceptors (Lipinski definition) is 5. The van der Waals surface area contributed by atoms with Crippen molar-refractivity contribution in [3.63, 3.8) is 0 Å². The molecule has 208 valence electrons. The van der Waals surface area contributed by atoms with Gasteiger partial charge in [-0.2, -0.15) is 0 Å². The van der Waals surface area contributed by atoms with Gasteiger partial charge in [-0.1, -0.05) is 53.2 Å². The zero-order valence-corrected chi connectivity index (χ0v) is 24.9. The standard InChI is InChI=1S/C29H34BrN3O5S/c1-5-21(2)31-29(35)22(3)32(19-23-10-9-11-24(30)18-23)28(34)20-33(25-14-16-26(38-4)17-15-25)39(36,37)27-12-7-6-8-13-27/h6-18,21-22H,5,19-20H2,1-4H3,(H,31,35)/t21-,22-/m1/s1. The molecule has 0 unspecified atom stereocenters. The fourth-order valence-corrected chi connectivity index (χ4v) is 5.76. The van der Waals surface area contributed by atoms with Gasteiger partial charge in [-0.15, -0.1) is 0 Å². The molecule has 0 spiro atoms. The van der Waals surface area contributed by atoms with E-state index in [-0.39, 0.29) is 23.4 Å². The molecule has 1 N–H and O–H groups in total. The van der Waals surface area contributed by atoms with Crippen LogP contribution in [0.15, 0.2) is 88.2 Å². The molecule has 0 heterocycles. The van der Waals surface area contributed by atoms with E-state index in [0.717, 1.165) is 20.8 Å². The van der Waals surface area contributed by atoms with E-state index in [9.17, 15) is 18.0 Å². The third-order valence-electron chi connectivity index (χ3n) is 6.38. The third-order valence-corrected chi connectivity index (χ3v) is 8.66. The summed E-state index contributed by atoms with van der Waals surface area (Å²) >= 11 is 3.45. The van der Waals surface area contributed by atoms with Crippen molar-refractivity contribution in [2.24, 2.45) is 0 Å². The summed E-state index contributed by atoms with van der Waals surface area (Å²) in [4.78, 5) is 28.5. The maximum Gasteiger partial charge on any atom is 0.264 e. The summed E-state index contributed by atoms with van der Waals surface area (Å²) in [5.41, 5.74) is 1.09. The maximum absolute atomic E-state index is 13.9. The average molecular weight is 617 g/mol. The van der Waals surface area contributed by atoms with Crippen molar-refractivity contribution in [3.8, 4) is 5.75 Å². The summed E-state index contributed by atoms with van der Waals surface area (Å²) in [5.74, 6) is -0.277. The lowest BCUT2D eigenvalue weighted by Gasteiger charge is -2.32. The van der Waals surface area contributed by atoms with Crippen LogP contribution < -0.4 is 14.4 Å². The van der Waals surface area contributed by atoms with Gasteiger partial charge in [0.25, 0.3) is 10.0 Å². The predicted molar refractivity (Wildman–Crippen MR) is 156 cm³/mol. The molecule has 0 aliphatic rings. The number of nitrogens with zero attached hydrogens (tertiary/aromatic N) is 2. The monoisotopic (exact) mass is 615 g/mol. The number of anilines is 1. The zero-order chi connectivity index (χ0) is 28.6. The second-order valence-corrected chi connectivity index (χ2v) is 11.9. The van der Waals surface area contributed by atoms with Crippen LogP contribution >= 0.6 is 15.9 Å². The highest BCUT2D eigenvalue weighted by Gasteiger charge is 2.32. The number of ether oxygens (including phenoxy) is 1. The van der Waals surface area contributed by atoms with Gasteiger partial charge in [0.2, 0.25) is 11.8 Å². The second kappa shape index (κ2) is 13.6. The Labute approximate surface area is 239 Å². The largest absolute Gasteiger partial charge is 0.497 e. The van der Waals surface area contributed by atoms with Gasteiger partial charge >= 0.3 is 0 Å². The van der Waals surface area contributed by atoms with E-state index in [4.69, 9.17) is 4.74 Å². The Morgan fingerprint density at radius 2 is 1.64 bits per heavy atom. The van der Waals surface area contributed by atoms with Crippen molar-refractivity contribution in [2.75, 3.05) is 18.0 Å². The summed E-state index contributed by atoms with van der Waals surface area (Å²) in [5, 5.41) is 2.93. The number of rotatable bonds is 12. The van der Waals surface area contributed by atoms with Crippen molar-refractivity contribution in [2.45, 2.75) is 50.7 Å². The van der Waals surface area contributed by atoms with E-state index in [1.54, 1.807) is 49.4 Å². The number of hydrogen-bond donors (Lipinski definition) is 1. The predicted octanol–water partition coefficient (Wildman–Crippen LogP) is 4.99. The number of halogens is 1. The van der Waals surface area contributed by atoms with E-state index in [0.29, 0.717) is 11.4 Å². The third kappa shape index (κ3) is 7.83. The molecule has 39 heavy (non-hydrogen) atoms. The molecule has 10 heteroatoms. The molecule has 3 rings (SSSR count). The topological polar surface area (TPSA) is 96.0 Å². The van der Waals surface area contributed by atoms with Gasteiger partial charge < -0.3 is 15.0 Å². The molecule has 0 aromatic heterocycles. The van der Waals surface area contributed by atoms with Gasteiger partial charge in [-0.05, 0) is 74.4 Å². The Hall–Kier alpha value is -3.37. The smallest absolute Gasteiger partial charge is 0.264 e. The SMILES string of the molecule is CC[C@@H](C)NC(=O)[C@@H](C)N(Cc1cccc(Br)c1)C(=O)CN(c1ccc(OC)cc1)S(=O)(=O)c1ccccc1. The molecular weight excluding hydrogens is 582 g/mol.